The van der Waals surface area contributed by atoms with Crippen LogP contribution < -0.4 is 5.32 Å². The zero-order chi connectivity index (χ0) is 28.0. The van der Waals surface area contributed by atoms with Crippen molar-refractivity contribution in [3.63, 3.8) is 0 Å². The Labute approximate surface area is 235 Å². The number of aryl methyl sites for hydroxylation is 1. The van der Waals surface area contributed by atoms with Crippen LogP contribution >= 0.6 is 23.8 Å². The minimum atomic E-state index is -4.48. The number of nitriles is 1. The van der Waals surface area contributed by atoms with Crippen molar-refractivity contribution in [3.05, 3.63) is 118 Å². The van der Waals surface area contributed by atoms with E-state index in [0.29, 0.717) is 35.8 Å². The van der Waals surface area contributed by atoms with Gasteiger partial charge in [0.05, 0.1) is 23.5 Å². The number of rotatable bonds is 8. The fourth-order valence-corrected chi connectivity index (χ4v) is 4.55. The molecule has 0 bridgehead atoms. The fourth-order valence-electron chi connectivity index (χ4n) is 4.10. The van der Waals surface area contributed by atoms with Crippen LogP contribution in [0.15, 0.2) is 79.3 Å². The van der Waals surface area contributed by atoms with Gasteiger partial charge in [0.1, 0.15) is 0 Å². The summed E-state index contributed by atoms with van der Waals surface area (Å²) in [5.41, 5.74) is 3.46. The molecule has 1 aromatic heterocycles. The highest BCUT2D eigenvalue weighted by molar-refractivity contribution is 7.80. The Kier molecular flexibility index (Phi) is 8.90. The Morgan fingerprint density at radius 2 is 1.87 bits per heavy atom. The van der Waals surface area contributed by atoms with Crippen LogP contribution in [-0.4, -0.2) is 26.1 Å². The van der Waals surface area contributed by atoms with Crippen LogP contribution in [0.1, 0.15) is 33.5 Å². The molecular formula is C29H25ClF3N5S. The summed E-state index contributed by atoms with van der Waals surface area (Å²) in [6.07, 6.45) is -0.550. The van der Waals surface area contributed by atoms with Crippen molar-refractivity contribution in [1.82, 2.24) is 14.5 Å². The minimum absolute atomic E-state index is 0.0368. The van der Waals surface area contributed by atoms with Crippen molar-refractivity contribution >= 4 is 34.6 Å². The first-order chi connectivity index (χ1) is 18.6. The molecule has 4 rings (SSSR count). The second-order valence-corrected chi connectivity index (χ2v) is 9.84. The van der Waals surface area contributed by atoms with E-state index < -0.39 is 11.7 Å². The van der Waals surface area contributed by atoms with Gasteiger partial charge in [-0.15, -0.1) is 0 Å². The largest absolute Gasteiger partial charge is 0.416 e. The molecule has 3 aromatic carbocycles. The number of imidazole rings is 1. The van der Waals surface area contributed by atoms with E-state index >= 15 is 0 Å². The van der Waals surface area contributed by atoms with Crippen LogP contribution in [0.2, 0.25) is 5.02 Å². The summed E-state index contributed by atoms with van der Waals surface area (Å²) in [4.78, 5) is 5.99. The number of thiocarbonyl (C=S) groups is 1. The average molecular weight is 568 g/mol. The lowest BCUT2D eigenvalue weighted by molar-refractivity contribution is -0.138. The standard InChI is InChI=1S/C29H25ClF3N5S/c1-20-6-11-24(14-27(20)30)36-28(39)37(18-23-4-2-3-5-26(23)29(31,32)33)13-12-25-16-35-19-38(25)17-22-9-7-21(15-34)8-10-22/h2-11,14,16,19H,12-13,17-18H2,1H3,(H,36,39). The van der Waals surface area contributed by atoms with Gasteiger partial charge < -0.3 is 14.8 Å². The number of benzene rings is 3. The quantitative estimate of drug-likeness (QED) is 0.228. The number of halogens is 4. The summed E-state index contributed by atoms with van der Waals surface area (Å²) in [7, 11) is 0. The fraction of sp³-hybridized carbons (Fsp3) is 0.207. The molecule has 1 N–H and O–H groups in total. The minimum Gasteiger partial charge on any atom is -0.344 e. The Hall–Kier alpha value is -3.87. The molecule has 1 heterocycles. The third-order valence-corrected chi connectivity index (χ3v) is 7.03. The van der Waals surface area contributed by atoms with Crippen LogP contribution in [0, 0.1) is 18.3 Å². The van der Waals surface area contributed by atoms with Crippen molar-refractivity contribution in [2.75, 3.05) is 11.9 Å². The lowest BCUT2D eigenvalue weighted by Gasteiger charge is -2.27. The first-order valence-electron chi connectivity index (χ1n) is 12.1. The van der Waals surface area contributed by atoms with Gasteiger partial charge in [0.2, 0.25) is 0 Å². The van der Waals surface area contributed by atoms with E-state index in [1.54, 1.807) is 41.7 Å². The van der Waals surface area contributed by atoms with E-state index in [9.17, 15) is 13.2 Å². The van der Waals surface area contributed by atoms with E-state index in [-0.39, 0.29) is 17.2 Å². The third-order valence-electron chi connectivity index (χ3n) is 6.27. The highest BCUT2D eigenvalue weighted by Gasteiger charge is 2.33. The molecule has 0 fully saturated rings. The Balaban J connectivity index is 1.55. The molecule has 0 aliphatic carbocycles. The Morgan fingerprint density at radius 1 is 1.13 bits per heavy atom. The van der Waals surface area contributed by atoms with Crippen LogP contribution in [0.5, 0.6) is 0 Å². The lowest BCUT2D eigenvalue weighted by Crippen LogP contribution is -2.36. The van der Waals surface area contributed by atoms with Crippen LogP contribution in [0.4, 0.5) is 18.9 Å². The number of nitrogens with zero attached hydrogens (tertiary/aromatic N) is 4. The average Bonchev–Trinajstić information content (AvgIpc) is 3.35. The monoisotopic (exact) mass is 567 g/mol. The summed E-state index contributed by atoms with van der Waals surface area (Å²) < 4.78 is 43.2. The molecule has 0 unspecified atom stereocenters. The van der Waals surface area contributed by atoms with Crippen molar-refractivity contribution < 1.29 is 13.2 Å². The smallest absolute Gasteiger partial charge is 0.344 e. The molecule has 0 aliphatic rings. The summed E-state index contributed by atoms with van der Waals surface area (Å²) in [6.45, 7) is 2.73. The van der Waals surface area contributed by atoms with E-state index in [0.717, 1.165) is 22.9 Å². The molecule has 0 radical (unpaired) electrons. The summed E-state index contributed by atoms with van der Waals surface area (Å²) in [6, 6.07) is 20.3. The van der Waals surface area contributed by atoms with Gasteiger partial charge in [-0.05, 0) is 66.2 Å². The molecule has 39 heavy (non-hydrogen) atoms. The number of aromatic nitrogens is 2. The maximum atomic E-state index is 13.7. The van der Waals surface area contributed by atoms with Crippen LogP contribution in [-0.2, 0) is 25.7 Å². The zero-order valence-corrected chi connectivity index (χ0v) is 22.6. The van der Waals surface area contributed by atoms with Gasteiger partial charge in [0.15, 0.2) is 5.11 Å². The molecule has 200 valence electrons. The third kappa shape index (κ3) is 7.37. The van der Waals surface area contributed by atoms with Gasteiger partial charge in [-0.1, -0.05) is 48.0 Å². The second-order valence-electron chi connectivity index (χ2n) is 9.04. The molecule has 0 saturated heterocycles. The highest BCUT2D eigenvalue weighted by atomic mass is 35.5. The van der Waals surface area contributed by atoms with Crippen molar-refractivity contribution in [2.45, 2.75) is 32.6 Å². The molecule has 0 saturated carbocycles. The molecule has 5 nitrogen and oxygen atoms in total. The number of anilines is 1. The molecule has 0 aliphatic heterocycles. The van der Waals surface area contributed by atoms with Crippen molar-refractivity contribution in [3.8, 4) is 6.07 Å². The normalized spacial score (nSPS) is 11.2. The molecule has 0 spiro atoms. The van der Waals surface area contributed by atoms with E-state index in [2.05, 4.69) is 16.4 Å². The zero-order valence-electron chi connectivity index (χ0n) is 21.0. The second kappa shape index (κ2) is 12.3. The molecule has 0 atom stereocenters. The van der Waals surface area contributed by atoms with E-state index in [4.69, 9.17) is 29.1 Å². The van der Waals surface area contributed by atoms with Gasteiger partial charge in [-0.3, -0.25) is 0 Å². The first-order valence-corrected chi connectivity index (χ1v) is 12.9. The number of alkyl halides is 3. The van der Waals surface area contributed by atoms with Gasteiger partial charge in [0, 0.05) is 48.7 Å². The highest BCUT2D eigenvalue weighted by Crippen LogP contribution is 2.32. The van der Waals surface area contributed by atoms with Crippen molar-refractivity contribution in [1.29, 1.82) is 5.26 Å². The predicted octanol–water partition coefficient (Wildman–Crippen LogP) is 7.23. The predicted molar refractivity (Wildman–Crippen MR) is 150 cm³/mol. The molecular weight excluding hydrogens is 543 g/mol. The van der Waals surface area contributed by atoms with Gasteiger partial charge in [-0.2, -0.15) is 18.4 Å². The summed E-state index contributed by atoms with van der Waals surface area (Å²) >= 11 is 11.9. The van der Waals surface area contributed by atoms with Crippen LogP contribution in [0.3, 0.4) is 0 Å². The van der Waals surface area contributed by atoms with Gasteiger partial charge >= 0.3 is 6.18 Å². The number of hydrogen-bond acceptors (Lipinski definition) is 3. The maximum absolute atomic E-state index is 13.7. The molecule has 0 amide bonds. The lowest BCUT2D eigenvalue weighted by atomic mass is 10.1. The first kappa shape index (κ1) is 28.1. The Morgan fingerprint density at radius 3 is 2.56 bits per heavy atom. The SMILES string of the molecule is Cc1ccc(NC(=S)N(CCc2cncn2Cc2ccc(C#N)cc2)Cc2ccccc2C(F)(F)F)cc1Cl. The molecule has 4 aromatic rings. The van der Waals surface area contributed by atoms with E-state index in [1.807, 2.05) is 35.8 Å². The topological polar surface area (TPSA) is 56.9 Å². The van der Waals surface area contributed by atoms with Gasteiger partial charge in [0.25, 0.3) is 0 Å². The van der Waals surface area contributed by atoms with E-state index in [1.165, 1.54) is 12.1 Å². The Bertz CT molecular complexity index is 1490. The number of hydrogen-bond donors (Lipinski definition) is 1. The summed E-state index contributed by atoms with van der Waals surface area (Å²) in [5, 5.41) is 13.0. The van der Waals surface area contributed by atoms with Crippen LogP contribution in [0.25, 0.3) is 0 Å². The van der Waals surface area contributed by atoms with Crippen molar-refractivity contribution in [2.24, 2.45) is 0 Å². The summed E-state index contributed by atoms with van der Waals surface area (Å²) in [5.74, 6) is 0. The maximum Gasteiger partial charge on any atom is 0.416 e. The molecule has 10 heteroatoms. The number of nitrogens with one attached hydrogen (secondary N) is 1. The van der Waals surface area contributed by atoms with Gasteiger partial charge in [-0.25, -0.2) is 4.98 Å².